The molecule has 0 unspecified atom stereocenters. The van der Waals surface area contributed by atoms with Gasteiger partial charge in [-0.05, 0) is 54.6 Å². The molecule has 1 aliphatic heterocycles. The summed E-state index contributed by atoms with van der Waals surface area (Å²) in [4.78, 5) is 13.0. The van der Waals surface area contributed by atoms with Crippen LogP contribution in [0.3, 0.4) is 0 Å². The topological polar surface area (TPSA) is 86.5 Å². The fourth-order valence-electron chi connectivity index (χ4n) is 2.70. The number of halogens is 1. The predicted octanol–water partition coefficient (Wildman–Crippen LogP) is 4.16. The van der Waals surface area contributed by atoms with Gasteiger partial charge in [0.25, 0.3) is 0 Å². The number of anilines is 1. The number of thioether (sulfide) groups is 1. The molecule has 3 aromatic rings. The molecule has 1 aromatic heterocycles. The quantitative estimate of drug-likeness (QED) is 0.458. The normalized spacial score (nSPS) is 12.6. The second kappa shape index (κ2) is 8.95. The second-order valence-electron chi connectivity index (χ2n) is 6.22. The van der Waals surface area contributed by atoms with Gasteiger partial charge in [-0.1, -0.05) is 5.10 Å². The summed E-state index contributed by atoms with van der Waals surface area (Å²) >= 11 is 1.57. The number of fused-ring (bicyclic) bond motifs is 1. The maximum absolute atomic E-state index is 12.9. The predicted molar refractivity (Wildman–Crippen MR) is 106 cm³/mol. The highest BCUT2D eigenvalue weighted by Gasteiger charge is 2.16. The van der Waals surface area contributed by atoms with Crippen LogP contribution in [0.4, 0.5) is 10.4 Å². The minimum Gasteiger partial charge on any atom is -0.486 e. The smallest absolute Gasteiger partial charge is 0.322 e. The molecule has 4 rings (SSSR count). The SMILES string of the molecule is O=C(CCCSc1ccc(F)cc1)Nc1nnc(-c2ccc3c(c2)OCCO3)o1. The van der Waals surface area contributed by atoms with E-state index < -0.39 is 0 Å². The maximum atomic E-state index is 12.9. The van der Waals surface area contributed by atoms with E-state index in [-0.39, 0.29) is 23.6 Å². The van der Waals surface area contributed by atoms with Gasteiger partial charge in [0.2, 0.25) is 11.8 Å². The van der Waals surface area contributed by atoms with Crippen molar-refractivity contribution < 1.29 is 23.1 Å². The van der Waals surface area contributed by atoms with E-state index in [0.29, 0.717) is 43.1 Å². The molecule has 0 aliphatic carbocycles. The van der Waals surface area contributed by atoms with Crippen LogP contribution in [0.1, 0.15) is 12.8 Å². The van der Waals surface area contributed by atoms with Crippen molar-refractivity contribution >= 4 is 23.7 Å². The minimum atomic E-state index is -0.260. The van der Waals surface area contributed by atoms with Gasteiger partial charge < -0.3 is 13.9 Å². The summed E-state index contributed by atoms with van der Waals surface area (Å²) < 4.78 is 29.4. The van der Waals surface area contributed by atoms with Gasteiger partial charge in [0.05, 0.1) is 0 Å². The maximum Gasteiger partial charge on any atom is 0.322 e. The minimum absolute atomic E-state index is 0.0473. The fourth-order valence-corrected chi connectivity index (χ4v) is 3.56. The molecule has 0 saturated heterocycles. The summed E-state index contributed by atoms with van der Waals surface area (Å²) in [5.74, 6) is 1.85. The lowest BCUT2D eigenvalue weighted by Gasteiger charge is -2.18. The average molecular weight is 415 g/mol. The Morgan fingerprint density at radius 3 is 2.69 bits per heavy atom. The zero-order valence-electron chi connectivity index (χ0n) is 15.4. The second-order valence-corrected chi connectivity index (χ2v) is 7.39. The number of ether oxygens (including phenoxy) is 2. The van der Waals surface area contributed by atoms with Gasteiger partial charge in [0, 0.05) is 16.9 Å². The molecule has 9 heteroatoms. The molecule has 0 atom stereocenters. The van der Waals surface area contributed by atoms with E-state index in [1.54, 1.807) is 42.1 Å². The first kappa shape index (κ1) is 19.3. The van der Waals surface area contributed by atoms with Crippen molar-refractivity contribution in [2.45, 2.75) is 17.7 Å². The van der Waals surface area contributed by atoms with E-state index in [4.69, 9.17) is 13.9 Å². The van der Waals surface area contributed by atoms with Gasteiger partial charge in [-0.25, -0.2) is 4.39 Å². The number of rotatable bonds is 7. The third-order valence-electron chi connectivity index (χ3n) is 4.09. The molecule has 0 spiro atoms. The van der Waals surface area contributed by atoms with E-state index in [9.17, 15) is 9.18 Å². The Hall–Kier alpha value is -3.07. The van der Waals surface area contributed by atoms with Crippen LogP contribution in [0.15, 0.2) is 51.8 Å². The zero-order valence-corrected chi connectivity index (χ0v) is 16.2. The Kier molecular flexibility index (Phi) is 5.95. The lowest BCUT2D eigenvalue weighted by molar-refractivity contribution is -0.116. The van der Waals surface area contributed by atoms with Crippen molar-refractivity contribution in [1.29, 1.82) is 0 Å². The van der Waals surface area contributed by atoms with Crippen LogP contribution >= 0.6 is 11.8 Å². The molecule has 150 valence electrons. The summed E-state index contributed by atoms with van der Waals surface area (Å²) in [5, 5.41) is 10.4. The molecule has 0 fully saturated rings. The Morgan fingerprint density at radius 2 is 1.86 bits per heavy atom. The van der Waals surface area contributed by atoms with Crippen molar-refractivity contribution in [2.24, 2.45) is 0 Å². The van der Waals surface area contributed by atoms with E-state index in [2.05, 4.69) is 15.5 Å². The highest BCUT2D eigenvalue weighted by atomic mass is 32.2. The van der Waals surface area contributed by atoms with Crippen LogP contribution in [0.5, 0.6) is 11.5 Å². The van der Waals surface area contributed by atoms with Crippen molar-refractivity contribution in [3.8, 4) is 23.0 Å². The molecule has 2 heterocycles. The molecule has 29 heavy (non-hydrogen) atoms. The molecule has 1 amide bonds. The lowest BCUT2D eigenvalue weighted by atomic mass is 10.2. The molecule has 0 radical (unpaired) electrons. The van der Waals surface area contributed by atoms with Crippen molar-refractivity contribution in [3.05, 3.63) is 48.3 Å². The van der Waals surface area contributed by atoms with E-state index in [1.165, 1.54) is 12.1 Å². The zero-order chi connectivity index (χ0) is 20.1. The van der Waals surface area contributed by atoms with Crippen LogP contribution < -0.4 is 14.8 Å². The number of nitrogens with one attached hydrogen (secondary N) is 1. The standard InChI is InChI=1S/C20H18FN3O4S/c21-14-4-6-15(7-5-14)29-11-1-2-18(25)22-20-24-23-19(28-20)13-3-8-16-17(12-13)27-10-9-26-16/h3-8,12H,1-2,9-11H2,(H,22,24,25). The third-order valence-corrected chi connectivity index (χ3v) is 5.19. The van der Waals surface area contributed by atoms with Gasteiger partial charge in [0.15, 0.2) is 11.5 Å². The van der Waals surface area contributed by atoms with E-state index >= 15 is 0 Å². The third kappa shape index (κ3) is 5.05. The molecule has 7 nitrogen and oxygen atoms in total. The molecular formula is C20H18FN3O4S. The van der Waals surface area contributed by atoms with E-state index in [0.717, 1.165) is 10.6 Å². The highest BCUT2D eigenvalue weighted by Crippen LogP contribution is 2.34. The fraction of sp³-hybridized carbons (Fsp3) is 0.250. The lowest BCUT2D eigenvalue weighted by Crippen LogP contribution is -2.15. The van der Waals surface area contributed by atoms with Gasteiger partial charge in [-0.3, -0.25) is 10.1 Å². The number of hydrogen-bond acceptors (Lipinski definition) is 7. The molecule has 2 aromatic carbocycles. The molecule has 1 N–H and O–H groups in total. The number of benzene rings is 2. The summed E-state index contributed by atoms with van der Waals surface area (Å²) in [6, 6.07) is 11.7. The Labute approximate surface area is 170 Å². The monoisotopic (exact) mass is 415 g/mol. The summed E-state index contributed by atoms with van der Waals surface area (Å²) in [6.45, 7) is 1.01. The first-order valence-electron chi connectivity index (χ1n) is 9.09. The van der Waals surface area contributed by atoms with Gasteiger partial charge in [-0.2, -0.15) is 0 Å². The van der Waals surface area contributed by atoms with Crippen LogP contribution in [0.25, 0.3) is 11.5 Å². The Morgan fingerprint density at radius 1 is 1.07 bits per heavy atom. The summed E-state index contributed by atoms with van der Waals surface area (Å²) in [7, 11) is 0. The first-order chi connectivity index (χ1) is 14.2. The molecule has 0 saturated carbocycles. The van der Waals surface area contributed by atoms with Gasteiger partial charge >= 0.3 is 6.01 Å². The number of carbonyl (C=O) groups excluding carboxylic acids is 1. The molecule has 1 aliphatic rings. The van der Waals surface area contributed by atoms with Crippen molar-refractivity contribution in [3.63, 3.8) is 0 Å². The first-order valence-corrected chi connectivity index (χ1v) is 10.1. The average Bonchev–Trinajstić information content (AvgIpc) is 3.20. The Bertz CT molecular complexity index is 994. The van der Waals surface area contributed by atoms with Crippen molar-refractivity contribution in [2.75, 3.05) is 24.3 Å². The number of carbonyl (C=O) groups is 1. The van der Waals surface area contributed by atoms with E-state index in [1.807, 2.05) is 0 Å². The van der Waals surface area contributed by atoms with Crippen LogP contribution in [0, 0.1) is 5.82 Å². The van der Waals surface area contributed by atoms with Gasteiger partial charge in [-0.15, -0.1) is 16.9 Å². The number of hydrogen-bond donors (Lipinski definition) is 1. The number of aromatic nitrogens is 2. The molecule has 0 bridgehead atoms. The van der Waals surface area contributed by atoms with Crippen LogP contribution in [-0.4, -0.2) is 35.1 Å². The molecular weight excluding hydrogens is 397 g/mol. The van der Waals surface area contributed by atoms with Crippen LogP contribution in [0.2, 0.25) is 0 Å². The van der Waals surface area contributed by atoms with Crippen molar-refractivity contribution in [1.82, 2.24) is 10.2 Å². The Balaban J connectivity index is 1.26. The summed E-state index contributed by atoms with van der Waals surface area (Å²) in [6.07, 6.45) is 0.979. The number of amides is 1. The van der Waals surface area contributed by atoms with Gasteiger partial charge in [0.1, 0.15) is 19.0 Å². The summed E-state index contributed by atoms with van der Waals surface area (Å²) in [5.41, 5.74) is 0.679. The van der Waals surface area contributed by atoms with Crippen LogP contribution in [-0.2, 0) is 4.79 Å². The largest absolute Gasteiger partial charge is 0.486 e. The number of nitrogens with zero attached hydrogens (tertiary/aromatic N) is 2. The highest BCUT2D eigenvalue weighted by molar-refractivity contribution is 7.99.